The molecule has 0 radical (unpaired) electrons. The van der Waals surface area contributed by atoms with Crippen LogP contribution >= 0.6 is 0 Å². The first-order valence-corrected chi connectivity index (χ1v) is 7.66. The highest BCUT2D eigenvalue weighted by Crippen LogP contribution is 2.17. The molecule has 1 heterocycles. The van der Waals surface area contributed by atoms with Crippen LogP contribution in [0.3, 0.4) is 0 Å². The van der Waals surface area contributed by atoms with Crippen LogP contribution in [0.1, 0.15) is 57.4 Å². The fraction of sp³-hybridized carbons (Fsp3) is 0.588. The van der Waals surface area contributed by atoms with Crippen molar-refractivity contribution in [1.29, 1.82) is 0 Å². The fourth-order valence-corrected chi connectivity index (χ4v) is 2.46. The number of benzene rings is 1. The molecule has 0 N–H and O–H groups in total. The SMILES string of the molecule is CCCCCCCCC1CN=C(c2ccccc2)O1. The Morgan fingerprint density at radius 1 is 1.05 bits per heavy atom. The molecule has 1 atom stereocenters. The summed E-state index contributed by atoms with van der Waals surface area (Å²) < 4.78 is 5.93. The van der Waals surface area contributed by atoms with Crippen LogP contribution in [0.4, 0.5) is 0 Å². The largest absolute Gasteiger partial charge is 0.472 e. The molecule has 2 rings (SSSR count). The standard InChI is InChI=1S/C17H25NO/c1-2-3-4-5-6-10-13-16-14-18-17(19-16)15-11-8-7-9-12-15/h7-9,11-12,16H,2-6,10,13-14H2,1H3. The molecule has 1 aromatic rings. The van der Waals surface area contributed by atoms with E-state index in [0.717, 1.165) is 24.4 Å². The summed E-state index contributed by atoms with van der Waals surface area (Å²) in [4.78, 5) is 4.51. The Kier molecular flexibility index (Phi) is 5.93. The van der Waals surface area contributed by atoms with Crippen LogP contribution in [0.2, 0.25) is 0 Å². The summed E-state index contributed by atoms with van der Waals surface area (Å²) >= 11 is 0. The van der Waals surface area contributed by atoms with E-state index in [2.05, 4.69) is 24.0 Å². The van der Waals surface area contributed by atoms with Gasteiger partial charge < -0.3 is 4.74 Å². The highest BCUT2D eigenvalue weighted by Gasteiger charge is 2.20. The maximum Gasteiger partial charge on any atom is 0.216 e. The fourth-order valence-electron chi connectivity index (χ4n) is 2.46. The van der Waals surface area contributed by atoms with E-state index in [1.807, 2.05) is 18.2 Å². The maximum atomic E-state index is 5.93. The molecule has 0 bridgehead atoms. The third-order valence-electron chi connectivity index (χ3n) is 3.62. The Labute approximate surface area is 116 Å². The van der Waals surface area contributed by atoms with Gasteiger partial charge in [-0.1, -0.05) is 57.2 Å². The average molecular weight is 259 g/mol. The Hall–Kier alpha value is -1.31. The van der Waals surface area contributed by atoms with Crippen molar-refractivity contribution in [3.05, 3.63) is 35.9 Å². The molecule has 1 aliphatic rings. The average Bonchev–Trinajstić information content (AvgIpc) is 2.92. The van der Waals surface area contributed by atoms with E-state index >= 15 is 0 Å². The van der Waals surface area contributed by atoms with Crippen molar-refractivity contribution in [3.8, 4) is 0 Å². The molecule has 19 heavy (non-hydrogen) atoms. The predicted molar refractivity (Wildman–Crippen MR) is 80.7 cm³/mol. The summed E-state index contributed by atoms with van der Waals surface area (Å²) in [6.45, 7) is 3.09. The van der Waals surface area contributed by atoms with Gasteiger partial charge in [-0.3, -0.25) is 0 Å². The molecule has 2 heteroatoms. The third kappa shape index (κ3) is 4.70. The second-order valence-electron chi connectivity index (χ2n) is 5.31. The highest BCUT2D eigenvalue weighted by atomic mass is 16.5. The molecule has 2 nitrogen and oxygen atoms in total. The van der Waals surface area contributed by atoms with Crippen molar-refractivity contribution in [2.45, 2.75) is 58.0 Å². The predicted octanol–water partition coefficient (Wildman–Crippen LogP) is 4.58. The van der Waals surface area contributed by atoms with Gasteiger partial charge in [0.15, 0.2) is 0 Å². The molecule has 0 saturated heterocycles. The van der Waals surface area contributed by atoms with E-state index in [9.17, 15) is 0 Å². The number of rotatable bonds is 8. The lowest BCUT2D eigenvalue weighted by molar-refractivity contribution is 0.209. The Bertz CT molecular complexity index is 386. The first-order valence-electron chi connectivity index (χ1n) is 7.66. The van der Waals surface area contributed by atoms with Crippen molar-refractivity contribution in [3.63, 3.8) is 0 Å². The summed E-state index contributed by atoms with van der Waals surface area (Å²) in [5.74, 6) is 0.830. The van der Waals surface area contributed by atoms with E-state index in [0.29, 0.717) is 6.10 Å². The van der Waals surface area contributed by atoms with Crippen molar-refractivity contribution >= 4 is 5.90 Å². The highest BCUT2D eigenvalue weighted by molar-refractivity contribution is 5.95. The number of nitrogens with zero attached hydrogens (tertiary/aromatic N) is 1. The lowest BCUT2D eigenvalue weighted by atomic mass is 10.1. The van der Waals surface area contributed by atoms with E-state index in [4.69, 9.17) is 4.74 Å². The van der Waals surface area contributed by atoms with Gasteiger partial charge in [0.2, 0.25) is 5.90 Å². The zero-order valence-corrected chi connectivity index (χ0v) is 12.0. The summed E-state index contributed by atoms with van der Waals surface area (Å²) in [5, 5.41) is 0. The van der Waals surface area contributed by atoms with Crippen molar-refractivity contribution < 1.29 is 4.74 Å². The van der Waals surface area contributed by atoms with Crippen molar-refractivity contribution in [2.24, 2.45) is 4.99 Å². The van der Waals surface area contributed by atoms with Gasteiger partial charge in [-0.05, 0) is 25.0 Å². The second kappa shape index (κ2) is 7.98. The molecular weight excluding hydrogens is 234 g/mol. The van der Waals surface area contributed by atoms with Gasteiger partial charge in [0.1, 0.15) is 6.10 Å². The molecule has 0 aromatic heterocycles. The van der Waals surface area contributed by atoms with Crippen molar-refractivity contribution in [2.75, 3.05) is 6.54 Å². The number of ether oxygens (including phenoxy) is 1. The summed E-state index contributed by atoms with van der Waals surface area (Å²) in [6, 6.07) is 10.2. The zero-order chi connectivity index (χ0) is 13.3. The third-order valence-corrected chi connectivity index (χ3v) is 3.62. The molecule has 0 aliphatic carbocycles. The number of unbranched alkanes of at least 4 members (excludes halogenated alkanes) is 5. The molecule has 0 fully saturated rings. The van der Waals surface area contributed by atoms with Gasteiger partial charge in [-0.15, -0.1) is 0 Å². The quantitative estimate of drug-likeness (QED) is 0.626. The van der Waals surface area contributed by atoms with Crippen LogP contribution < -0.4 is 0 Å². The maximum absolute atomic E-state index is 5.93. The van der Waals surface area contributed by atoms with E-state index in [1.54, 1.807) is 0 Å². The van der Waals surface area contributed by atoms with Crippen LogP contribution in [0.25, 0.3) is 0 Å². The minimum Gasteiger partial charge on any atom is -0.472 e. The van der Waals surface area contributed by atoms with Crippen molar-refractivity contribution in [1.82, 2.24) is 0 Å². The normalized spacial score (nSPS) is 18.2. The lowest BCUT2D eigenvalue weighted by Gasteiger charge is -2.11. The van der Waals surface area contributed by atoms with Gasteiger partial charge in [0.05, 0.1) is 6.54 Å². The minimum absolute atomic E-state index is 0.307. The van der Waals surface area contributed by atoms with Gasteiger partial charge in [0.25, 0.3) is 0 Å². The van der Waals surface area contributed by atoms with Gasteiger partial charge in [-0.2, -0.15) is 0 Å². The Morgan fingerprint density at radius 2 is 1.79 bits per heavy atom. The molecule has 0 spiro atoms. The number of hydrogen-bond acceptors (Lipinski definition) is 2. The molecule has 1 aromatic carbocycles. The van der Waals surface area contributed by atoms with E-state index < -0.39 is 0 Å². The monoisotopic (exact) mass is 259 g/mol. The van der Waals surface area contributed by atoms with Gasteiger partial charge in [0, 0.05) is 5.56 Å². The second-order valence-corrected chi connectivity index (χ2v) is 5.31. The lowest BCUT2D eigenvalue weighted by Crippen LogP contribution is -2.13. The summed E-state index contributed by atoms with van der Waals surface area (Å²) in [5.41, 5.74) is 1.10. The molecule has 1 aliphatic heterocycles. The Balaban J connectivity index is 1.62. The van der Waals surface area contributed by atoms with Crippen LogP contribution in [0.15, 0.2) is 35.3 Å². The van der Waals surface area contributed by atoms with Crippen LogP contribution in [0, 0.1) is 0 Å². The molecule has 0 saturated carbocycles. The molecule has 1 unspecified atom stereocenters. The van der Waals surface area contributed by atoms with Gasteiger partial charge >= 0.3 is 0 Å². The smallest absolute Gasteiger partial charge is 0.216 e. The minimum atomic E-state index is 0.307. The van der Waals surface area contributed by atoms with Crippen LogP contribution in [-0.4, -0.2) is 18.5 Å². The topological polar surface area (TPSA) is 21.6 Å². The first kappa shape index (κ1) is 14.1. The molecular formula is C17H25NO. The summed E-state index contributed by atoms with van der Waals surface area (Å²) in [6.07, 6.45) is 9.50. The zero-order valence-electron chi connectivity index (χ0n) is 12.0. The summed E-state index contributed by atoms with van der Waals surface area (Å²) in [7, 11) is 0. The Morgan fingerprint density at radius 3 is 2.58 bits per heavy atom. The van der Waals surface area contributed by atoms with E-state index in [1.165, 1.54) is 38.5 Å². The first-order chi connectivity index (χ1) is 9.40. The van der Waals surface area contributed by atoms with Gasteiger partial charge in [-0.25, -0.2) is 4.99 Å². The van der Waals surface area contributed by atoms with Crippen LogP contribution in [0.5, 0.6) is 0 Å². The van der Waals surface area contributed by atoms with Crippen LogP contribution in [-0.2, 0) is 4.74 Å². The molecule has 104 valence electrons. The number of hydrogen-bond donors (Lipinski definition) is 0. The molecule has 0 amide bonds. The number of aliphatic imine (C=N–C) groups is 1. The van der Waals surface area contributed by atoms with E-state index in [-0.39, 0.29) is 0 Å².